The summed E-state index contributed by atoms with van der Waals surface area (Å²) >= 11 is 0. The molecular weight excluding hydrogens is 134 g/mol. The van der Waals surface area contributed by atoms with E-state index in [1.807, 2.05) is 0 Å². The monoisotopic (exact) mass is 155 g/mol. The fraction of sp³-hybridized carbons (Fsp3) is 1.00. The molecule has 1 atom stereocenters. The van der Waals surface area contributed by atoms with Crippen LogP contribution >= 0.6 is 0 Å². The first kappa shape index (κ1) is 9.05. The van der Waals surface area contributed by atoms with Crippen LogP contribution in [0.1, 0.15) is 40.5 Å². The van der Waals surface area contributed by atoms with Crippen LogP contribution in [0.3, 0.4) is 0 Å². The summed E-state index contributed by atoms with van der Waals surface area (Å²) in [7, 11) is 0. The third-order valence-electron chi connectivity index (χ3n) is 2.79. The fourth-order valence-corrected chi connectivity index (χ4v) is 1.62. The molecule has 1 N–H and O–H groups in total. The van der Waals surface area contributed by atoms with Gasteiger partial charge in [-0.25, -0.2) is 0 Å². The molecule has 0 spiro atoms. The van der Waals surface area contributed by atoms with Gasteiger partial charge in [0.1, 0.15) is 0 Å². The van der Waals surface area contributed by atoms with E-state index >= 15 is 0 Å². The molecule has 0 saturated heterocycles. The third kappa shape index (κ3) is 2.19. The summed E-state index contributed by atoms with van der Waals surface area (Å²) in [6, 6.07) is 0.782. The summed E-state index contributed by atoms with van der Waals surface area (Å²) in [4.78, 5) is 0. The predicted octanol–water partition coefficient (Wildman–Crippen LogP) is 2.42. The SMILES string of the molecule is CC(C)CN[C@@H]1CCC1(C)C. The molecule has 1 heteroatoms. The molecule has 0 amide bonds. The minimum atomic E-state index is 0.564. The van der Waals surface area contributed by atoms with Gasteiger partial charge in [-0.1, -0.05) is 27.7 Å². The first-order valence-electron chi connectivity index (χ1n) is 4.76. The van der Waals surface area contributed by atoms with Crippen molar-refractivity contribution in [1.29, 1.82) is 0 Å². The lowest BCUT2D eigenvalue weighted by Crippen LogP contribution is -2.50. The van der Waals surface area contributed by atoms with Crippen molar-refractivity contribution in [1.82, 2.24) is 5.32 Å². The van der Waals surface area contributed by atoms with Crippen LogP contribution in [0.15, 0.2) is 0 Å². The zero-order chi connectivity index (χ0) is 8.48. The van der Waals surface area contributed by atoms with E-state index in [2.05, 4.69) is 33.0 Å². The van der Waals surface area contributed by atoms with Crippen LogP contribution in [0.2, 0.25) is 0 Å². The van der Waals surface area contributed by atoms with Crippen molar-refractivity contribution in [3.8, 4) is 0 Å². The Bertz CT molecular complexity index is 127. The van der Waals surface area contributed by atoms with Crippen molar-refractivity contribution >= 4 is 0 Å². The summed E-state index contributed by atoms with van der Waals surface area (Å²) < 4.78 is 0. The topological polar surface area (TPSA) is 12.0 Å². The highest BCUT2D eigenvalue weighted by Gasteiger charge is 2.37. The highest BCUT2D eigenvalue weighted by Crippen LogP contribution is 2.39. The van der Waals surface area contributed by atoms with Gasteiger partial charge >= 0.3 is 0 Å². The molecule has 0 bridgehead atoms. The predicted molar refractivity (Wildman–Crippen MR) is 49.6 cm³/mol. The molecule has 0 heterocycles. The van der Waals surface area contributed by atoms with Crippen LogP contribution in [0.5, 0.6) is 0 Å². The van der Waals surface area contributed by atoms with Gasteiger partial charge in [0.2, 0.25) is 0 Å². The standard InChI is InChI=1S/C10H21N/c1-8(2)7-11-9-5-6-10(9,3)4/h8-9,11H,5-7H2,1-4H3/t9-/m1/s1. The molecule has 1 fully saturated rings. The lowest BCUT2D eigenvalue weighted by atomic mass is 9.67. The number of rotatable bonds is 3. The molecule has 1 aliphatic carbocycles. The van der Waals surface area contributed by atoms with E-state index in [-0.39, 0.29) is 0 Å². The van der Waals surface area contributed by atoms with Gasteiger partial charge in [0.15, 0.2) is 0 Å². The van der Waals surface area contributed by atoms with Crippen molar-refractivity contribution in [2.75, 3.05) is 6.54 Å². The van der Waals surface area contributed by atoms with Crippen molar-refractivity contribution < 1.29 is 0 Å². The van der Waals surface area contributed by atoms with Crippen LogP contribution in [0, 0.1) is 11.3 Å². The Morgan fingerprint density at radius 3 is 2.36 bits per heavy atom. The molecule has 0 aromatic rings. The molecule has 1 aliphatic rings. The Hall–Kier alpha value is -0.0400. The van der Waals surface area contributed by atoms with Gasteiger partial charge in [-0.05, 0) is 30.7 Å². The summed E-state index contributed by atoms with van der Waals surface area (Å²) in [5.41, 5.74) is 0.564. The van der Waals surface area contributed by atoms with Gasteiger partial charge < -0.3 is 5.32 Å². The molecule has 0 aromatic heterocycles. The molecule has 0 aliphatic heterocycles. The maximum absolute atomic E-state index is 3.61. The highest BCUT2D eigenvalue weighted by atomic mass is 14.9. The van der Waals surface area contributed by atoms with Crippen molar-refractivity contribution in [2.24, 2.45) is 11.3 Å². The number of hydrogen-bond donors (Lipinski definition) is 1. The zero-order valence-corrected chi connectivity index (χ0v) is 8.28. The lowest BCUT2D eigenvalue weighted by molar-refractivity contribution is 0.106. The van der Waals surface area contributed by atoms with Gasteiger partial charge in [0, 0.05) is 6.04 Å². The van der Waals surface area contributed by atoms with Crippen molar-refractivity contribution in [2.45, 2.75) is 46.6 Å². The van der Waals surface area contributed by atoms with E-state index < -0.39 is 0 Å². The number of nitrogens with one attached hydrogen (secondary N) is 1. The van der Waals surface area contributed by atoms with Crippen LogP contribution in [0.4, 0.5) is 0 Å². The van der Waals surface area contributed by atoms with Crippen LogP contribution in [0.25, 0.3) is 0 Å². The van der Waals surface area contributed by atoms with E-state index in [1.165, 1.54) is 19.4 Å². The maximum Gasteiger partial charge on any atom is 0.0119 e. The molecule has 0 aromatic carbocycles. The van der Waals surface area contributed by atoms with Crippen LogP contribution in [-0.4, -0.2) is 12.6 Å². The molecule has 0 unspecified atom stereocenters. The second-order valence-corrected chi connectivity index (χ2v) is 4.88. The Morgan fingerprint density at radius 1 is 1.45 bits per heavy atom. The van der Waals surface area contributed by atoms with Gasteiger partial charge in [0.05, 0.1) is 0 Å². The maximum atomic E-state index is 3.61. The van der Waals surface area contributed by atoms with E-state index in [0.29, 0.717) is 5.41 Å². The molecule has 11 heavy (non-hydrogen) atoms. The molecule has 1 rings (SSSR count). The molecule has 66 valence electrons. The van der Waals surface area contributed by atoms with E-state index in [9.17, 15) is 0 Å². The zero-order valence-electron chi connectivity index (χ0n) is 8.28. The normalized spacial score (nSPS) is 28.6. The second-order valence-electron chi connectivity index (χ2n) is 4.88. The molecule has 1 nitrogen and oxygen atoms in total. The Morgan fingerprint density at radius 2 is 2.09 bits per heavy atom. The van der Waals surface area contributed by atoms with Crippen LogP contribution < -0.4 is 5.32 Å². The smallest absolute Gasteiger partial charge is 0.0119 e. The van der Waals surface area contributed by atoms with Gasteiger partial charge in [-0.15, -0.1) is 0 Å². The van der Waals surface area contributed by atoms with Gasteiger partial charge in [0.25, 0.3) is 0 Å². The lowest BCUT2D eigenvalue weighted by Gasteiger charge is -2.45. The quantitative estimate of drug-likeness (QED) is 0.660. The first-order valence-corrected chi connectivity index (χ1v) is 4.76. The number of hydrogen-bond acceptors (Lipinski definition) is 1. The summed E-state index contributed by atoms with van der Waals surface area (Å²) in [5, 5.41) is 3.61. The Kier molecular flexibility index (Phi) is 2.58. The summed E-state index contributed by atoms with van der Waals surface area (Å²) in [6.45, 7) is 10.4. The van der Waals surface area contributed by atoms with Gasteiger partial charge in [-0.3, -0.25) is 0 Å². The van der Waals surface area contributed by atoms with Crippen molar-refractivity contribution in [3.63, 3.8) is 0 Å². The average molecular weight is 155 g/mol. The average Bonchev–Trinajstić information content (AvgIpc) is 1.85. The highest BCUT2D eigenvalue weighted by molar-refractivity contribution is 4.93. The van der Waals surface area contributed by atoms with Crippen molar-refractivity contribution in [3.05, 3.63) is 0 Å². The summed E-state index contributed by atoms with van der Waals surface area (Å²) in [5.74, 6) is 0.784. The van der Waals surface area contributed by atoms with E-state index in [0.717, 1.165) is 12.0 Å². The van der Waals surface area contributed by atoms with E-state index in [1.54, 1.807) is 0 Å². The third-order valence-corrected chi connectivity index (χ3v) is 2.79. The Labute approximate surface area is 70.6 Å². The van der Waals surface area contributed by atoms with Crippen LogP contribution in [-0.2, 0) is 0 Å². The molecule has 1 saturated carbocycles. The Balaban J connectivity index is 2.18. The summed E-state index contributed by atoms with van der Waals surface area (Å²) in [6.07, 6.45) is 2.77. The largest absolute Gasteiger partial charge is 0.313 e. The fourth-order valence-electron chi connectivity index (χ4n) is 1.62. The first-order chi connectivity index (χ1) is 5.02. The van der Waals surface area contributed by atoms with Gasteiger partial charge in [-0.2, -0.15) is 0 Å². The minimum absolute atomic E-state index is 0.564. The molecule has 0 radical (unpaired) electrons. The van der Waals surface area contributed by atoms with E-state index in [4.69, 9.17) is 0 Å². The minimum Gasteiger partial charge on any atom is -0.313 e. The molecular formula is C10H21N. The second kappa shape index (κ2) is 3.14.